The Labute approximate surface area is 191 Å². The van der Waals surface area contributed by atoms with E-state index in [0.29, 0.717) is 17.3 Å². The van der Waals surface area contributed by atoms with Crippen LogP contribution in [0.15, 0.2) is 91.0 Å². The minimum absolute atomic E-state index is 0.117. The average Bonchev–Trinajstić information content (AvgIpc) is 3.20. The second-order valence-corrected chi connectivity index (χ2v) is 7.65. The number of rotatable bonds is 7. The van der Waals surface area contributed by atoms with E-state index < -0.39 is 0 Å². The summed E-state index contributed by atoms with van der Waals surface area (Å²) in [6.07, 6.45) is 0. The molecule has 6 nitrogen and oxygen atoms in total. The Morgan fingerprint density at radius 2 is 1.73 bits per heavy atom. The van der Waals surface area contributed by atoms with Crippen LogP contribution < -0.4 is 14.8 Å². The van der Waals surface area contributed by atoms with Crippen molar-refractivity contribution < 1.29 is 14.3 Å². The van der Waals surface area contributed by atoms with E-state index in [1.807, 2.05) is 77.4 Å². The number of hydrogen-bond donors (Lipinski definition) is 1. The van der Waals surface area contributed by atoms with Crippen LogP contribution in [0.25, 0.3) is 21.8 Å². The molecule has 0 radical (unpaired) electrons. The Morgan fingerprint density at radius 3 is 2.64 bits per heavy atom. The number of benzene rings is 4. The highest BCUT2D eigenvalue weighted by Crippen LogP contribution is 2.26. The molecule has 1 heterocycles. The molecule has 0 unspecified atom stereocenters. The first-order valence-corrected chi connectivity index (χ1v) is 10.7. The highest BCUT2D eigenvalue weighted by Gasteiger charge is 2.15. The summed E-state index contributed by atoms with van der Waals surface area (Å²) < 4.78 is 13.3. The molecule has 0 bridgehead atoms. The maximum absolute atomic E-state index is 12.9. The van der Waals surface area contributed by atoms with Gasteiger partial charge in [-0.25, -0.2) is 4.98 Å². The molecule has 164 valence electrons. The van der Waals surface area contributed by atoms with Crippen molar-refractivity contribution in [3.8, 4) is 11.5 Å². The van der Waals surface area contributed by atoms with E-state index in [4.69, 9.17) is 14.5 Å². The zero-order valence-corrected chi connectivity index (χ0v) is 18.2. The van der Waals surface area contributed by atoms with Gasteiger partial charge in [-0.05, 0) is 35.7 Å². The van der Waals surface area contributed by atoms with Crippen molar-refractivity contribution in [2.24, 2.45) is 0 Å². The van der Waals surface area contributed by atoms with E-state index in [1.165, 1.54) is 0 Å². The molecule has 6 heteroatoms. The largest absolute Gasteiger partial charge is 0.497 e. The molecule has 0 saturated carbocycles. The number of carbonyl (C=O) groups is 1. The molecule has 33 heavy (non-hydrogen) atoms. The van der Waals surface area contributed by atoms with Crippen LogP contribution in [0.1, 0.15) is 5.82 Å². The van der Waals surface area contributed by atoms with Crippen molar-refractivity contribution in [3.05, 3.63) is 96.8 Å². The second-order valence-electron chi connectivity index (χ2n) is 7.65. The molecule has 5 aromatic rings. The lowest BCUT2D eigenvalue weighted by atomic mass is 10.1. The molecule has 0 aliphatic heterocycles. The molecule has 5 rings (SSSR count). The molecule has 0 aliphatic carbocycles. The van der Waals surface area contributed by atoms with Crippen LogP contribution in [0, 0.1) is 0 Å². The number of carbonyl (C=O) groups excluding carboxylic acids is 1. The summed E-state index contributed by atoms with van der Waals surface area (Å²) in [6, 6.07) is 29.1. The Bertz CT molecular complexity index is 1440. The van der Waals surface area contributed by atoms with Gasteiger partial charge < -0.3 is 19.4 Å². The van der Waals surface area contributed by atoms with E-state index in [9.17, 15) is 4.79 Å². The number of anilines is 1. The Kier molecular flexibility index (Phi) is 5.64. The van der Waals surface area contributed by atoms with E-state index in [0.717, 1.165) is 27.6 Å². The van der Waals surface area contributed by atoms with Crippen molar-refractivity contribution in [3.63, 3.8) is 0 Å². The topological polar surface area (TPSA) is 65.4 Å². The smallest absolute Gasteiger partial charge is 0.244 e. The van der Waals surface area contributed by atoms with Gasteiger partial charge in [0, 0.05) is 17.1 Å². The molecule has 1 N–H and O–H groups in total. The molecule has 0 spiro atoms. The van der Waals surface area contributed by atoms with Gasteiger partial charge in [0.1, 0.15) is 30.5 Å². The summed E-state index contributed by atoms with van der Waals surface area (Å²) >= 11 is 0. The fourth-order valence-corrected chi connectivity index (χ4v) is 3.92. The fraction of sp³-hybridized carbons (Fsp3) is 0.111. The van der Waals surface area contributed by atoms with Gasteiger partial charge >= 0.3 is 0 Å². The summed E-state index contributed by atoms with van der Waals surface area (Å²) in [6.45, 7) is 0.362. The highest BCUT2D eigenvalue weighted by atomic mass is 16.5. The molecule has 1 amide bonds. The lowest BCUT2D eigenvalue weighted by Gasteiger charge is -2.12. The van der Waals surface area contributed by atoms with Crippen molar-refractivity contribution >= 4 is 33.4 Å². The van der Waals surface area contributed by atoms with E-state index in [2.05, 4.69) is 17.4 Å². The number of para-hydroxylation sites is 2. The maximum atomic E-state index is 12.9. The van der Waals surface area contributed by atoms with Crippen molar-refractivity contribution in [1.82, 2.24) is 9.55 Å². The molecule has 0 saturated heterocycles. The monoisotopic (exact) mass is 437 g/mol. The van der Waals surface area contributed by atoms with Crippen LogP contribution in [0.5, 0.6) is 11.5 Å². The maximum Gasteiger partial charge on any atom is 0.244 e. The van der Waals surface area contributed by atoms with Gasteiger partial charge in [0.25, 0.3) is 0 Å². The molecule has 0 aliphatic rings. The van der Waals surface area contributed by atoms with Crippen LogP contribution in [0.3, 0.4) is 0 Å². The van der Waals surface area contributed by atoms with E-state index >= 15 is 0 Å². The minimum Gasteiger partial charge on any atom is -0.497 e. The summed E-state index contributed by atoms with van der Waals surface area (Å²) in [4.78, 5) is 17.6. The van der Waals surface area contributed by atoms with Crippen LogP contribution in [0.2, 0.25) is 0 Å². The number of nitrogens with zero attached hydrogens (tertiary/aromatic N) is 2. The van der Waals surface area contributed by atoms with Gasteiger partial charge in [-0.15, -0.1) is 0 Å². The predicted molar refractivity (Wildman–Crippen MR) is 130 cm³/mol. The fourth-order valence-electron chi connectivity index (χ4n) is 3.92. The predicted octanol–water partition coefficient (Wildman–Crippen LogP) is 5.42. The number of aromatic nitrogens is 2. The number of ether oxygens (including phenoxy) is 2. The third-order valence-corrected chi connectivity index (χ3v) is 5.50. The van der Waals surface area contributed by atoms with Crippen LogP contribution >= 0.6 is 0 Å². The number of nitrogens with one attached hydrogen (secondary N) is 1. The zero-order chi connectivity index (χ0) is 22.6. The molecule has 0 fully saturated rings. The average molecular weight is 437 g/mol. The number of fused-ring (bicyclic) bond motifs is 2. The Hall–Kier alpha value is -4.32. The SMILES string of the molecule is COc1cccc(NC(=O)Cn2c(COc3cccc4ccccc34)nc3ccccc32)c1. The lowest BCUT2D eigenvalue weighted by Crippen LogP contribution is -2.20. The van der Waals surface area contributed by atoms with E-state index in [1.54, 1.807) is 13.2 Å². The summed E-state index contributed by atoms with van der Waals surface area (Å²) in [7, 11) is 1.60. The molecule has 4 aromatic carbocycles. The Morgan fingerprint density at radius 1 is 0.939 bits per heavy atom. The zero-order valence-electron chi connectivity index (χ0n) is 18.2. The normalized spacial score (nSPS) is 10.9. The lowest BCUT2D eigenvalue weighted by molar-refractivity contribution is -0.116. The first kappa shape index (κ1) is 20.6. The van der Waals surface area contributed by atoms with Gasteiger partial charge in [0.05, 0.1) is 18.1 Å². The van der Waals surface area contributed by atoms with Crippen LogP contribution in [-0.4, -0.2) is 22.6 Å². The summed E-state index contributed by atoms with van der Waals surface area (Å²) in [5.41, 5.74) is 2.38. The number of hydrogen-bond acceptors (Lipinski definition) is 4. The van der Waals surface area contributed by atoms with Crippen molar-refractivity contribution in [2.45, 2.75) is 13.2 Å². The summed E-state index contributed by atoms with van der Waals surface area (Å²) in [5, 5.41) is 5.09. The van der Waals surface area contributed by atoms with Crippen LogP contribution in [-0.2, 0) is 17.9 Å². The first-order valence-electron chi connectivity index (χ1n) is 10.7. The number of amides is 1. The molecule has 0 atom stereocenters. The minimum atomic E-state index is -0.155. The summed E-state index contributed by atoms with van der Waals surface area (Å²) in [5.74, 6) is 2.00. The standard InChI is InChI=1S/C27H23N3O3/c1-32-21-11-7-10-20(16-21)28-27(31)17-30-24-14-5-4-13-23(24)29-26(30)18-33-25-15-6-9-19-8-2-3-12-22(19)25/h2-16H,17-18H2,1H3,(H,28,31). The van der Waals surface area contributed by atoms with Crippen molar-refractivity contribution in [2.75, 3.05) is 12.4 Å². The van der Waals surface area contributed by atoms with Gasteiger partial charge in [0.2, 0.25) is 5.91 Å². The first-order chi connectivity index (χ1) is 16.2. The van der Waals surface area contributed by atoms with Crippen LogP contribution in [0.4, 0.5) is 5.69 Å². The number of methoxy groups -OCH3 is 1. The van der Waals surface area contributed by atoms with Gasteiger partial charge in [0.15, 0.2) is 0 Å². The van der Waals surface area contributed by atoms with Gasteiger partial charge in [-0.3, -0.25) is 4.79 Å². The number of imidazole rings is 1. The third-order valence-electron chi connectivity index (χ3n) is 5.50. The second kappa shape index (κ2) is 9.04. The van der Waals surface area contributed by atoms with Gasteiger partial charge in [-0.1, -0.05) is 54.6 Å². The molecular weight excluding hydrogens is 414 g/mol. The van der Waals surface area contributed by atoms with E-state index in [-0.39, 0.29) is 19.1 Å². The highest BCUT2D eigenvalue weighted by molar-refractivity contribution is 5.92. The quantitative estimate of drug-likeness (QED) is 0.369. The molecule has 1 aromatic heterocycles. The Balaban J connectivity index is 1.40. The molecular formula is C27H23N3O3. The third kappa shape index (κ3) is 4.36. The van der Waals surface area contributed by atoms with Gasteiger partial charge in [-0.2, -0.15) is 0 Å². The van der Waals surface area contributed by atoms with Crippen molar-refractivity contribution in [1.29, 1.82) is 0 Å².